The number of anilines is 1. The third-order valence-electron chi connectivity index (χ3n) is 8.13. The molecule has 0 bridgehead atoms. The molecule has 218 valence electrons. The number of likely N-dealkylation sites (tertiary alicyclic amines) is 2. The SMILES string of the molecule is Cc1cc(C(=O)N2CCCC[C@H]2CO)c([N+](=O)[O-])cc1C.Cc1cc(N)c(C(=O)N2CCCC[C@H]2CO)cc1C. The summed E-state index contributed by atoms with van der Waals surface area (Å²) in [5.41, 5.74) is 10.8. The predicted molar refractivity (Wildman–Crippen MR) is 154 cm³/mol. The summed E-state index contributed by atoms with van der Waals surface area (Å²) in [7, 11) is 0. The lowest BCUT2D eigenvalue weighted by molar-refractivity contribution is -0.385. The fraction of sp³-hybridized carbons (Fsp3) is 0.533. The Bertz CT molecular complexity index is 1250. The van der Waals surface area contributed by atoms with Gasteiger partial charge in [0.1, 0.15) is 5.56 Å². The van der Waals surface area contributed by atoms with Crippen molar-refractivity contribution in [2.75, 3.05) is 32.0 Å². The molecule has 2 aliphatic rings. The number of rotatable bonds is 5. The molecule has 2 aromatic carbocycles. The minimum absolute atomic E-state index is 0.0243. The average molecular weight is 555 g/mol. The Morgan fingerprint density at radius 1 is 0.800 bits per heavy atom. The normalized spacial score (nSPS) is 19.1. The van der Waals surface area contributed by atoms with Gasteiger partial charge >= 0.3 is 0 Å². The fourth-order valence-corrected chi connectivity index (χ4v) is 5.37. The Morgan fingerprint density at radius 3 is 1.70 bits per heavy atom. The molecule has 0 saturated carbocycles. The van der Waals surface area contributed by atoms with Crippen LogP contribution in [-0.2, 0) is 0 Å². The van der Waals surface area contributed by atoms with Crippen molar-refractivity contribution in [1.29, 1.82) is 0 Å². The molecule has 4 rings (SSSR count). The number of nitrogens with zero attached hydrogens (tertiary/aromatic N) is 3. The number of nitrogens with two attached hydrogens (primary N) is 1. The monoisotopic (exact) mass is 554 g/mol. The highest BCUT2D eigenvalue weighted by atomic mass is 16.6. The number of piperidine rings is 2. The molecule has 0 unspecified atom stereocenters. The largest absolute Gasteiger partial charge is 0.398 e. The summed E-state index contributed by atoms with van der Waals surface area (Å²) in [6.07, 6.45) is 5.49. The number of amides is 2. The first-order valence-corrected chi connectivity index (χ1v) is 14.0. The topological polar surface area (TPSA) is 150 Å². The first kappa shape index (κ1) is 31.0. The van der Waals surface area contributed by atoms with Crippen molar-refractivity contribution in [3.8, 4) is 0 Å². The molecule has 0 radical (unpaired) electrons. The molecule has 2 atom stereocenters. The van der Waals surface area contributed by atoms with E-state index in [2.05, 4.69) is 0 Å². The number of nitro benzene ring substituents is 1. The summed E-state index contributed by atoms with van der Waals surface area (Å²) >= 11 is 0. The van der Waals surface area contributed by atoms with Crippen LogP contribution in [0.15, 0.2) is 24.3 Å². The molecule has 40 heavy (non-hydrogen) atoms. The standard InChI is InChI=1S/C15H20N2O4.C15H22N2O2/c1-10-7-13(14(17(20)21)8-11(10)2)15(19)16-6-4-3-5-12(16)9-18;1-10-7-13(14(16)8-11(10)2)15(19)17-6-4-3-5-12(17)9-18/h7-8,12,18H,3-6,9H2,1-2H3;7-8,12,18H,3-6,9,16H2,1-2H3/t2*12-/m00/s1. The summed E-state index contributed by atoms with van der Waals surface area (Å²) in [4.78, 5) is 39.3. The van der Waals surface area contributed by atoms with Gasteiger partial charge in [0.15, 0.2) is 0 Å². The van der Waals surface area contributed by atoms with Crippen molar-refractivity contribution in [3.05, 3.63) is 67.8 Å². The zero-order valence-corrected chi connectivity index (χ0v) is 24.0. The van der Waals surface area contributed by atoms with E-state index < -0.39 is 4.92 Å². The van der Waals surface area contributed by atoms with Crippen LogP contribution in [0.3, 0.4) is 0 Å². The van der Waals surface area contributed by atoms with Gasteiger partial charge in [0.25, 0.3) is 17.5 Å². The van der Waals surface area contributed by atoms with Gasteiger partial charge in [-0.15, -0.1) is 0 Å². The Hall–Kier alpha value is -3.50. The van der Waals surface area contributed by atoms with Gasteiger partial charge in [0.2, 0.25) is 0 Å². The van der Waals surface area contributed by atoms with E-state index in [0.717, 1.165) is 60.8 Å². The van der Waals surface area contributed by atoms with Crippen molar-refractivity contribution in [1.82, 2.24) is 9.80 Å². The maximum Gasteiger partial charge on any atom is 0.282 e. The number of nitro groups is 1. The van der Waals surface area contributed by atoms with Crippen LogP contribution in [0, 0.1) is 37.8 Å². The van der Waals surface area contributed by atoms with E-state index in [9.17, 15) is 29.9 Å². The Morgan fingerprint density at radius 2 is 1.23 bits per heavy atom. The molecule has 2 amide bonds. The second kappa shape index (κ2) is 13.7. The van der Waals surface area contributed by atoms with Crippen molar-refractivity contribution in [3.63, 3.8) is 0 Å². The van der Waals surface area contributed by atoms with Gasteiger partial charge in [-0.05, 0) is 107 Å². The number of hydrogen-bond donors (Lipinski definition) is 3. The van der Waals surface area contributed by atoms with Gasteiger partial charge in [0.05, 0.1) is 35.8 Å². The minimum atomic E-state index is -0.516. The van der Waals surface area contributed by atoms with E-state index in [1.54, 1.807) is 22.8 Å². The number of aliphatic hydroxyl groups is 2. The molecule has 0 spiro atoms. The predicted octanol–water partition coefficient (Wildman–Crippen LogP) is 4.07. The van der Waals surface area contributed by atoms with E-state index in [-0.39, 0.29) is 48.4 Å². The number of aryl methyl sites for hydroxylation is 4. The number of aliphatic hydroxyl groups excluding tert-OH is 2. The second-order valence-corrected chi connectivity index (χ2v) is 10.9. The lowest BCUT2D eigenvalue weighted by Gasteiger charge is -2.35. The van der Waals surface area contributed by atoms with Crippen molar-refractivity contribution >= 4 is 23.2 Å². The molecule has 4 N–H and O–H groups in total. The van der Waals surface area contributed by atoms with E-state index in [4.69, 9.17) is 5.73 Å². The van der Waals surface area contributed by atoms with Gasteiger partial charge in [-0.25, -0.2) is 0 Å². The van der Waals surface area contributed by atoms with Crippen LogP contribution in [0.4, 0.5) is 11.4 Å². The second-order valence-electron chi connectivity index (χ2n) is 10.9. The number of nitrogen functional groups attached to an aromatic ring is 1. The summed E-state index contributed by atoms with van der Waals surface area (Å²) in [6.45, 7) is 8.73. The van der Waals surface area contributed by atoms with Crippen LogP contribution in [0.1, 0.15) is 81.5 Å². The molecule has 2 heterocycles. The van der Waals surface area contributed by atoms with Crippen LogP contribution >= 0.6 is 0 Å². The van der Waals surface area contributed by atoms with Gasteiger partial charge in [0, 0.05) is 24.8 Å². The van der Waals surface area contributed by atoms with E-state index in [1.807, 2.05) is 32.9 Å². The molecule has 0 aliphatic carbocycles. The number of hydrogen-bond acceptors (Lipinski definition) is 7. The van der Waals surface area contributed by atoms with Gasteiger partial charge in [-0.1, -0.05) is 0 Å². The lowest BCUT2D eigenvalue weighted by atomic mass is 9.99. The van der Waals surface area contributed by atoms with Crippen LogP contribution in [0.25, 0.3) is 0 Å². The van der Waals surface area contributed by atoms with Gasteiger partial charge < -0.3 is 25.7 Å². The van der Waals surface area contributed by atoms with Crippen molar-refractivity contribution < 1.29 is 24.7 Å². The molecule has 0 aromatic heterocycles. The third-order valence-corrected chi connectivity index (χ3v) is 8.13. The van der Waals surface area contributed by atoms with Gasteiger partial charge in [-0.3, -0.25) is 19.7 Å². The van der Waals surface area contributed by atoms with E-state index >= 15 is 0 Å². The molecule has 2 aliphatic heterocycles. The molecule has 2 aromatic rings. The molecule has 2 fully saturated rings. The Labute approximate surface area is 235 Å². The lowest BCUT2D eigenvalue weighted by Crippen LogP contribution is -2.45. The zero-order chi connectivity index (χ0) is 29.6. The Kier molecular flexibility index (Phi) is 10.6. The molecular formula is C30H42N4O6. The quantitative estimate of drug-likeness (QED) is 0.286. The van der Waals surface area contributed by atoms with Crippen LogP contribution in [0.5, 0.6) is 0 Å². The number of carbonyl (C=O) groups excluding carboxylic acids is 2. The molecule has 10 heteroatoms. The van der Waals surface area contributed by atoms with Crippen molar-refractivity contribution in [2.45, 2.75) is 78.3 Å². The molecular weight excluding hydrogens is 512 g/mol. The fourth-order valence-electron chi connectivity index (χ4n) is 5.37. The maximum absolute atomic E-state index is 12.7. The zero-order valence-electron chi connectivity index (χ0n) is 24.0. The Balaban J connectivity index is 0.000000222. The number of carbonyl (C=O) groups is 2. The highest BCUT2D eigenvalue weighted by molar-refractivity contribution is 6.00. The first-order chi connectivity index (χ1) is 19.0. The molecule has 10 nitrogen and oxygen atoms in total. The number of benzene rings is 2. The van der Waals surface area contributed by atoms with E-state index in [0.29, 0.717) is 24.3 Å². The van der Waals surface area contributed by atoms with Crippen LogP contribution < -0.4 is 5.73 Å². The molecule has 2 saturated heterocycles. The first-order valence-electron chi connectivity index (χ1n) is 14.0. The summed E-state index contributed by atoms with van der Waals surface area (Å²) in [5.74, 6) is -0.414. The van der Waals surface area contributed by atoms with Crippen molar-refractivity contribution in [2.24, 2.45) is 0 Å². The minimum Gasteiger partial charge on any atom is -0.398 e. The van der Waals surface area contributed by atoms with Crippen LogP contribution in [-0.4, -0.2) is 75.1 Å². The third kappa shape index (κ3) is 6.98. The highest BCUT2D eigenvalue weighted by Crippen LogP contribution is 2.28. The summed E-state index contributed by atoms with van der Waals surface area (Å²) in [6, 6.07) is 6.42. The summed E-state index contributed by atoms with van der Waals surface area (Å²) < 4.78 is 0. The highest BCUT2D eigenvalue weighted by Gasteiger charge is 2.31. The van der Waals surface area contributed by atoms with E-state index in [1.165, 1.54) is 6.07 Å². The van der Waals surface area contributed by atoms with Gasteiger partial charge in [-0.2, -0.15) is 0 Å². The smallest absolute Gasteiger partial charge is 0.282 e. The summed E-state index contributed by atoms with van der Waals surface area (Å²) in [5, 5.41) is 30.0. The maximum atomic E-state index is 12.7. The van der Waals surface area contributed by atoms with Crippen LogP contribution in [0.2, 0.25) is 0 Å². The average Bonchev–Trinajstić information content (AvgIpc) is 2.95.